The number of carbonyl (C=O) groups is 1. The van der Waals surface area contributed by atoms with Gasteiger partial charge in [-0.15, -0.1) is 0 Å². The second kappa shape index (κ2) is 55.0. The molecule has 5 heteroatoms. The Hall–Kier alpha value is -0.650. The molecule has 0 saturated carbocycles. The van der Waals surface area contributed by atoms with Crippen molar-refractivity contribution in [1.29, 1.82) is 0 Å². The van der Waals surface area contributed by atoms with Crippen LogP contribution < -0.4 is 5.32 Å². The number of hydrogen-bond donors (Lipinski definition) is 4. The van der Waals surface area contributed by atoms with Gasteiger partial charge in [-0.25, -0.2) is 0 Å². The van der Waals surface area contributed by atoms with Crippen LogP contribution in [0.25, 0.3) is 0 Å². The highest BCUT2D eigenvalue weighted by atomic mass is 16.3. The summed E-state index contributed by atoms with van der Waals surface area (Å²) in [5.74, 6) is -0.273. The Morgan fingerprint density at radius 1 is 0.328 bits per heavy atom. The highest BCUT2D eigenvalue weighted by molar-refractivity contribution is 5.76. The van der Waals surface area contributed by atoms with E-state index in [1.54, 1.807) is 0 Å². The zero-order chi connectivity index (χ0) is 46.5. The minimum absolute atomic E-state index is 0.0437. The Morgan fingerprint density at radius 3 is 0.750 bits per heavy atom. The van der Waals surface area contributed by atoms with Crippen molar-refractivity contribution in [3.05, 3.63) is 0 Å². The number of rotatable bonds is 56. The summed E-state index contributed by atoms with van der Waals surface area (Å²) >= 11 is 0. The van der Waals surface area contributed by atoms with Crippen molar-refractivity contribution in [1.82, 2.24) is 5.32 Å². The first-order valence-electron chi connectivity index (χ1n) is 29.8. The molecule has 0 aliphatic carbocycles. The van der Waals surface area contributed by atoms with E-state index in [2.05, 4.69) is 19.2 Å². The summed E-state index contributed by atoms with van der Waals surface area (Å²) in [5.41, 5.74) is 0. The molecule has 0 radical (unpaired) electrons. The summed E-state index contributed by atoms with van der Waals surface area (Å²) in [5, 5.41) is 33.7. The predicted molar refractivity (Wildman–Crippen MR) is 282 cm³/mol. The highest BCUT2D eigenvalue weighted by Crippen LogP contribution is 2.19. The number of aliphatic hydroxyl groups is 3. The zero-order valence-corrected chi connectivity index (χ0v) is 44.0. The van der Waals surface area contributed by atoms with E-state index in [1.165, 1.54) is 289 Å². The number of unbranched alkanes of at least 4 members (excludes halogenated alkanes) is 47. The quantitative estimate of drug-likeness (QED) is 0.0458. The fourth-order valence-electron chi connectivity index (χ4n) is 9.88. The van der Waals surface area contributed by atoms with Gasteiger partial charge in [0.25, 0.3) is 0 Å². The minimum atomic E-state index is -0.746. The van der Waals surface area contributed by atoms with E-state index in [1.807, 2.05) is 0 Å². The van der Waals surface area contributed by atoms with Crippen molar-refractivity contribution in [2.24, 2.45) is 0 Å². The van der Waals surface area contributed by atoms with E-state index in [0.717, 1.165) is 25.7 Å². The summed E-state index contributed by atoms with van der Waals surface area (Å²) in [6.45, 7) is 4.32. The Kier molecular flexibility index (Phi) is 54.4. The van der Waals surface area contributed by atoms with Crippen LogP contribution in [-0.4, -0.2) is 46.1 Å². The van der Waals surface area contributed by atoms with Crippen LogP contribution in [0.3, 0.4) is 0 Å². The molecule has 0 saturated heterocycles. The lowest BCUT2D eigenvalue weighted by Gasteiger charge is -2.23. The molecule has 3 atom stereocenters. The summed E-state index contributed by atoms with van der Waals surface area (Å²) in [6.07, 6.45) is 67.0. The number of nitrogens with one attached hydrogen (secondary N) is 1. The SMILES string of the molecule is CCCCCCCCCCCCCCCCCCCCCCCCCCCC(O)CC(=O)NC(CO)C(O)CCCCCCCCCCCCCCCCCCCCCCCCCC. The molecule has 0 aliphatic heterocycles. The average molecular weight is 907 g/mol. The van der Waals surface area contributed by atoms with E-state index in [-0.39, 0.29) is 18.9 Å². The van der Waals surface area contributed by atoms with Gasteiger partial charge in [0.1, 0.15) is 0 Å². The molecule has 0 rings (SSSR count). The van der Waals surface area contributed by atoms with Gasteiger partial charge in [-0.3, -0.25) is 4.79 Å². The molecule has 0 bridgehead atoms. The van der Waals surface area contributed by atoms with Crippen LogP contribution in [0.5, 0.6) is 0 Å². The number of amides is 1. The van der Waals surface area contributed by atoms with Crippen molar-refractivity contribution >= 4 is 5.91 Å². The molecule has 0 aromatic rings. The molecule has 384 valence electrons. The fourth-order valence-corrected chi connectivity index (χ4v) is 9.88. The van der Waals surface area contributed by atoms with Gasteiger partial charge in [0.15, 0.2) is 0 Å². The van der Waals surface area contributed by atoms with E-state index in [4.69, 9.17) is 0 Å². The number of carbonyl (C=O) groups excluding carboxylic acids is 1. The van der Waals surface area contributed by atoms with Crippen molar-refractivity contribution in [3.8, 4) is 0 Å². The summed E-state index contributed by atoms with van der Waals surface area (Å²) in [6, 6.07) is -0.654. The molecule has 0 aliphatic rings. The largest absolute Gasteiger partial charge is 0.394 e. The second-order valence-electron chi connectivity index (χ2n) is 21.0. The molecule has 4 N–H and O–H groups in total. The standard InChI is InChI=1S/C59H119NO4/c1-3-5-7-9-11-13-15-17-19-21-23-25-27-29-30-32-34-36-38-40-42-44-46-48-50-52-56(62)54-59(64)60-57(55-61)58(63)53-51-49-47-45-43-41-39-37-35-33-31-28-26-24-22-20-18-16-14-12-10-8-6-4-2/h56-58,61-63H,3-55H2,1-2H3,(H,60,64). The summed E-state index contributed by atoms with van der Waals surface area (Å²) in [4.78, 5) is 12.6. The lowest BCUT2D eigenvalue weighted by molar-refractivity contribution is -0.125. The van der Waals surface area contributed by atoms with Crippen molar-refractivity contribution < 1.29 is 20.1 Å². The molecule has 0 fully saturated rings. The third kappa shape index (κ3) is 50.8. The van der Waals surface area contributed by atoms with Crippen LogP contribution in [0.2, 0.25) is 0 Å². The first-order chi connectivity index (χ1) is 31.5. The van der Waals surface area contributed by atoms with Gasteiger partial charge in [-0.1, -0.05) is 328 Å². The van der Waals surface area contributed by atoms with Gasteiger partial charge < -0.3 is 20.6 Å². The van der Waals surface area contributed by atoms with Crippen molar-refractivity contribution in [2.75, 3.05) is 6.61 Å². The van der Waals surface area contributed by atoms with Crippen LogP contribution in [0.1, 0.15) is 348 Å². The smallest absolute Gasteiger partial charge is 0.222 e. The first-order valence-corrected chi connectivity index (χ1v) is 29.8. The molecule has 0 spiro atoms. The Morgan fingerprint density at radius 2 is 0.531 bits per heavy atom. The molecular formula is C59H119NO4. The van der Waals surface area contributed by atoms with Crippen LogP contribution in [0, 0.1) is 0 Å². The molecule has 3 unspecified atom stereocenters. The van der Waals surface area contributed by atoms with Gasteiger partial charge in [0, 0.05) is 0 Å². The fraction of sp³-hybridized carbons (Fsp3) is 0.983. The minimum Gasteiger partial charge on any atom is -0.394 e. The maximum absolute atomic E-state index is 12.6. The molecule has 1 amide bonds. The van der Waals surface area contributed by atoms with Gasteiger partial charge in [0.2, 0.25) is 5.91 Å². The van der Waals surface area contributed by atoms with Gasteiger partial charge in [-0.2, -0.15) is 0 Å². The lowest BCUT2D eigenvalue weighted by Crippen LogP contribution is -2.46. The normalized spacial score (nSPS) is 13.1. The average Bonchev–Trinajstić information content (AvgIpc) is 3.29. The predicted octanol–water partition coefficient (Wildman–Crippen LogP) is 18.5. The molecule has 0 aromatic carbocycles. The third-order valence-corrected chi connectivity index (χ3v) is 14.4. The van der Waals surface area contributed by atoms with Crippen molar-refractivity contribution in [3.63, 3.8) is 0 Å². The van der Waals surface area contributed by atoms with E-state index in [9.17, 15) is 20.1 Å². The van der Waals surface area contributed by atoms with Crippen LogP contribution in [0.4, 0.5) is 0 Å². The van der Waals surface area contributed by atoms with E-state index >= 15 is 0 Å². The third-order valence-electron chi connectivity index (χ3n) is 14.4. The molecule has 64 heavy (non-hydrogen) atoms. The Balaban J connectivity index is 3.47. The van der Waals surface area contributed by atoms with Gasteiger partial charge >= 0.3 is 0 Å². The molecule has 5 nitrogen and oxygen atoms in total. The lowest BCUT2D eigenvalue weighted by atomic mass is 10.0. The number of hydrogen-bond acceptors (Lipinski definition) is 4. The van der Waals surface area contributed by atoms with Crippen molar-refractivity contribution in [2.45, 2.75) is 366 Å². The summed E-state index contributed by atoms with van der Waals surface area (Å²) in [7, 11) is 0. The van der Waals surface area contributed by atoms with Crippen LogP contribution in [0.15, 0.2) is 0 Å². The Labute approximate surface area is 402 Å². The van der Waals surface area contributed by atoms with Gasteiger partial charge in [0.05, 0.1) is 31.3 Å². The topological polar surface area (TPSA) is 89.8 Å². The molecule has 0 heterocycles. The van der Waals surface area contributed by atoms with Crippen LogP contribution in [-0.2, 0) is 4.79 Å². The van der Waals surface area contributed by atoms with E-state index < -0.39 is 18.2 Å². The maximum atomic E-state index is 12.6. The van der Waals surface area contributed by atoms with Gasteiger partial charge in [-0.05, 0) is 12.8 Å². The highest BCUT2D eigenvalue weighted by Gasteiger charge is 2.21. The summed E-state index contributed by atoms with van der Waals surface area (Å²) < 4.78 is 0. The molecular weight excluding hydrogens is 787 g/mol. The first kappa shape index (κ1) is 63.4. The monoisotopic (exact) mass is 906 g/mol. The van der Waals surface area contributed by atoms with Crippen LogP contribution >= 0.6 is 0 Å². The van der Waals surface area contributed by atoms with E-state index in [0.29, 0.717) is 12.8 Å². The second-order valence-corrected chi connectivity index (χ2v) is 21.0. The number of aliphatic hydroxyl groups excluding tert-OH is 3. The zero-order valence-electron chi connectivity index (χ0n) is 44.0. The Bertz CT molecular complexity index is 868. The molecule has 0 aromatic heterocycles. The maximum Gasteiger partial charge on any atom is 0.222 e.